The smallest absolute Gasteiger partial charge is 0.305 e. The van der Waals surface area contributed by atoms with Crippen LogP contribution in [0.25, 0.3) is 0 Å². The zero-order valence-electron chi connectivity index (χ0n) is 11.8. The molecule has 0 amide bonds. The molecule has 1 aromatic rings. The molecule has 1 rings (SSSR count). The minimum atomic E-state index is -1.06. The molecule has 0 saturated heterocycles. The van der Waals surface area contributed by atoms with E-state index in [-0.39, 0.29) is 17.1 Å². The van der Waals surface area contributed by atoms with Crippen LogP contribution >= 0.6 is 11.6 Å². The van der Waals surface area contributed by atoms with Gasteiger partial charge in [-0.3, -0.25) is 14.9 Å². The number of nitro groups is 1. The van der Waals surface area contributed by atoms with Gasteiger partial charge in [-0.05, 0) is 5.41 Å². The second-order valence-corrected chi connectivity index (χ2v) is 6.11. The summed E-state index contributed by atoms with van der Waals surface area (Å²) >= 11 is 5.54. The number of rotatable bonds is 5. The van der Waals surface area contributed by atoms with Crippen molar-refractivity contribution in [3.05, 3.63) is 33.1 Å². The Kier molecular flexibility index (Phi) is 5.11. The zero-order valence-corrected chi connectivity index (χ0v) is 12.6. The lowest BCUT2D eigenvalue weighted by Crippen LogP contribution is -2.36. The fourth-order valence-corrected chi connectivity index (χ4v) is 1.90. The highest BCUT2D eigenvalue weighted by Crippen LogP contribution is 2.34. The van der Waals surface area contributed by atoms with E-state index < -0.39 is 33.9 Å². The molecule has 0 aliphatic rings. The lowest BCUT2D eigenvalue weighted by Gasteiger charge is -2.31. The molecule has 0 fully saturated rings. The first kappa shape index (κ1) is 17.2. The molecule has 0 aliphatic carbocycles. The highest BCUT2D eigenvalue weighted by molar-refractivity contribution is 6.31. The van der Waals surface area contributed by atoms with Gasteiger partial charge in [0, 0.05) is 18.2 Å². The van der Waals surface area contributed by atoms with Crippen LogP contribution in [0.3, 0.4) is 0 Å². The molecule has 0 heterocycles. The standard InChI is InChI=1S/C13H16ClFN2O4/c1-13(2,3)11(6-12(18)19)16-9-5-8(15)7(14)4-10(9)17(20)21/h4-5,11,16H,6H2,1-3H3,(H,18,19). The zero-order chi connectivity index (χ0) is 16.4. The van der Waals surface area contributed by atoms with Gasteiger partial charge < -0.3 is 10.4 Å². The summed E-state index contributed by atoms with van der Waals surface area (Å²) < 4.78 is 13.5. The molecule has 2 N–H and O–H groups in total. The Hall–Kier alpha value is -1.89. The number of halogens is 2. The fourth-order valence-electron chi connectivity index (χ4n) is 1.74. The Bertz CT molecular complexity index is 572. The minimum absolute atomic E-state index is 0.0944. The van der Waals surface area contributed by atoms with Crippen LogP contribution in [0, 0.1) is 21.3 Å². The van der Waals surface area contributed by atoms with Crippen molar-refractivity contribution in [2.45, 2.75) is 33.2 Å². The van der Waals surface area contributed by atoms with Crippen molar-refractivity contribution in [2.75, 3.05) is 5.32 Å². The van der Waals surface area contributed by atoms with Crippen molar-refractivity contribution < 1.29 is 19.2 Å². The fraction of sp³-hybridized carbons (Fsp3) is 0.462. The van der Waals surface area contributed by atoms with Gasteiger partial charge in [0.05, 0.1) is 16.4 Å². The second-order valence-electron chi connectivity index (χ2n) is 5.70. The number of carboxylic acids is 1. The van der Waals surface area contributed by atoms with Gasteiger partial charge in [0.15, 0.2) is 0 Å². The minimum Gasteiger partial charge on any atom is -0.481 e. The van der Waals surface area contributed by atoms with Gasteiger partial charge in [0.25, 0.3) is 5.69 Å². The van der Waals surface area contributed by atoms with Crippen LogP contribution in [0.1, 0.15) is 27.2 Å². The van der Waals surface area contributed by atoms with E-state index in [1.54, 1.807) is 20.8 Å². The van der Waals surface area contributed by atoms with Crippen molar-refractivity contribution in [3.63, 3.8) is 0 Å². The van der Waals surface area contributed by atoms with Gasteiger partial charge in [0.2, 0.25) is 0 Å². The number of carboxylic acid groups (broad SMARTS) is 1. The SMILES string of the molecule is CC(C)(C)C(CC(=O)O)Nc1cc(F)c(Cl)cc1[N+](=O)[O-]. The molecule has 116 valence electrons. The topological polar surface area (TPSA) is 92.5 Å². The summed E-state index contributed by atoms with van der Waals surface area (Å²) in [4.78, 5) is 21.2. The van der Waals surface area contributed by atoms with E-state index in [1.807, 2.05) is 0 Å². The number of benzene rings is 1. The van der Waals surface area contributed by atoms with Gasteiger partial charge in [-0.2, -0.15) is 0 Å². The first-order chi connectivity index (χ1) is 9.52. The van der Waals surface area contributed by atoms with Crippen molar-refractivity contribution in [1.29, 1.82) is 0 Å². The number of hydrogen-bond donors (Lipinski definition) is 2. The van der Waals surface area contributed by atoms with Crippen LogP contribution in [0.2, 0.25) is 5.02 Å². The van der Waals surface area contributed by atoms with E-state index in [1.165, 1.54) is 0 Å². The van der Waals surface area contributed by atoms with Crippen LogP contribution in [-0.4, -0.2) is 22.0 Å². The van der Waals surface area contributed by atoms with E-state index in [2.05, 4.69) is 5.32 Å². The summed E-state index contributed by atoms with van der Waals surface area (Å²) in [6, 6.07) is 1.19. The molecule has 0 radical (unpaired) electrons. The molecule has 0 aromatic heterocycles. The van der Waals surface area contributed by atoms with Crippen molar-refractivity contribution in [3.8, 4) is 0 Å². The maximum absolute atomic E-state index is 13.5. The molecule has 8 heteroatoms. The van der Waals surface area contributed by atoms with Crippen LogP contribution in [0.4, 0.5) is 15.8 Å². The van der Waals surface area contributed by atoms with Gasteiger partial charge in [-0.1, -0.05) is 32.4 Å². The molecule has 6 nitrogen and oxygen atoms in total. The highest BCUT2D eigenvalue weighted by atomic mass is 35.5. The van der Waals surface area contributed by atoms with Crippen LogP contribution in [0.15, 0.2) is 12.1 Å². The van der Waals surface area contributed by atoms with Gasteiger partial charge in [0.1, 0.15) is 11.5 Å². The molecule has 0 aliphatic heterocycles. The Balaban J connectivity index is 3.22. The molecule has 1 unspecified atom stereocenters. The second kappa shape index (κ2) is 6.26. The van der Waals surface area contributed by atoms with Crippen molar-refractivity contribution >= 4 is 28.9 Å². The number of aliphatic carboxylic acids is 1. The maximum Gasteiger partial charge on any atom is 0.305 e. The summed E-state index contributed by atoms with van der Waals surface area (Å²) in [6.45, 7) is 5.35. The monoisotopic (exact) mass is 318 g/mol. The average Bonchev–Trinajstić information content (AvgIpc) is 2.30. The normalized spacial score (nSPS) is 12.8. The quantitative estimate of drug-likeness (QED) is 0.638. The largest absolute Gasteiger partial charge is 0.481 e. The van der Waals surface area contributed by atoms with E-state index in [4.69, 9.17) is 16.7 Å². The van der Waals surface area contributed by atoms with Crippen molar-refractivity contribution in [1.82, 2.24) is 0 Å². The Morgan fingerprint density at radius 2 is 2.10 bits per heavy atom. The van der Waals surface area contributed by atoms with Crippen LogP contribution < -0.4 is 5.32 Å². The number of anilines is 1. The molecular weight excluding hydrogens is 303 g/mol. The van der Waals surface area contributed by atoms with Crippen molar-refractivity contribution in [2.24, 2.45) is 5.41 Å². The number of nitrogens with zero attached hydrogens (tertiary/aromatic N) is 1. The third-order valence-corrected chi connectivity index (χ3v) is 3.28. The predicted octanol–water partition coefficient (Wildman–Crippen LogP) is 3.69. The third-order valence-electron chi connectivity index (χ3n) is 2.99. The average molecular weight is 319 g/mol. The van der Waals surface area contributed by atoms with Gasteiger partial charge in [-0.25, -0.2) is 4.39 Å². The van der Waals surface area contributed by atoms with Gasteiger partial charge in [-0.15, -0.1) is 0 Å². The lowest BCUT2D eigenvalue weighted by atomic mass is 9.84. The summed E-state index contributed by atoms with van der Waals surface area (Å²) in [5, 5.41) is 22.3. The lowest BCUT2D eigenvalue weighted by molar-refractivity contribution is -0.384. The number of nitrogens with one attached hydrogen (secondary N) is 1. The number of carbonyl (C=O) groups is 1. The molecule has 21 heavy (non-hydrogen) atoms. The van der Waals surface area contributed by atoms with E-state index in [0.717, 1.165) is 12.1 Å². The van der Waals surface area contributed by atoms with E-state index in [0.29, 0.717) is 0 Å². The third kappa shape index (κ3) is 4.56. The van der Waals surface area contributed by atoms with Crippen LogP contribution in [-0.2, 0) is 4.79 Å². The predicted molar refractivity (Wildman–Crippen MR) is 77.2 cm³/mol. The first-order valence-electron chi connectivity index (χ1n) is 6.14. The molecule has 0 saturated carbocycles. The summed E-state index contributed by atoms with van der Waals surface area (Å²) in [6.07, 6.45) is -0.259. The van der Waals surface area contributed by atoms with Gasteiger partial charge >= 0.3 is 5.97 Å². The van der Waals surface area contributed by atoms with Crippen LogP contribution in [0.5, 0.6) is 0 Å². The van der Waals surface area contributed by atoms with E-state index in [9.17, 15) is 19.3 Å². The van der Waals surface area contributed by atoms with E-state index >= 15 is 0 Å². The molecule has 1 atom stereocenters. The maximum atomic E-state index is 13.5. The Morgan fingerprint density at radius 3 is 2.52 bits per heavy atom. The summed E-state index contributed by atoms with van der Waals surface area (Å²) in [7, 11) is 0. The molecule has 1 aromatic carbocycles. The summed E-state index contributed by atoms with van der Waals surface area (Å²) in [5.41, 5.74) is -0.994. The first-order valence-corrected chi connectivity index (χ1v) is 6.52. The summed E-state index contributed by atoms with van der Waals surface area (Å²) in [5.74, 6) is -1.87. The molecule has 0 bridgehead atoms. The number of hydrogen-bond acceptors (Lipinski definition) is 4. The number of nitro benzene ring substituents is 1. The Morgan fingerprint density at radius 1 is 1.52 bits per heavy atom. The molecule has 0 spiro atoms. The Labute approximate surface area is 126 Å². The highest BCUT2D eigenvalue weighted by Gasteiger charge is 2.29. The molecular formula is C13H16ClFN2O4.